The normalized spacial score (nSPS) is 27.7. The second-order valence-electron chi connectivity index (χ2n) is 5.64. The molecule has 0 spiro atoms. The van der Waals surface area contributed by atoms with Crippen LogP contribution in [0.2, 0.25) is 0 Å². The number of nitrogens with one attached hydrogen (secondary N) is 1. The molecule has 0 aromatic carbocycles. The summed E-state index contributed by atoms with van der Waals surface area (Å²) in [7, 11) is 3.57. The fraction of sp³-hybridized carbons (Fsp3) is 0.692. The molecule has 0 aliphatic carbocycles. The molecular formula is C13H21N3O7. The van der Waals surface area contributed by atoms with Crippen molar-refractivity contribution in [2.24, 2.45) is 0 Å². The van der Waals surface area contributed by atoms with Gasteiger partial charge < -0.3 is 14.9 Å². The van der Waals surface area contributed by atoms with Gasteiger partial charge in [0.15, 0.2) is 6.23 Å². The summed E-state index contributed by atoms with van der Waals surface area (Å²) < 4.78 is 6.51. The third-order valence-electron chi connectivity index (χ3n) is 3.38. The summed E-state index contributed by atoms with van der Waals surface area (Å²) in [5, 5.41) is 20.1. The van der Waals surface area contributed by atoms with Crippen molar-refractivity contribution >= 4 is 0 Å². The van der Waals surface area contributed by atoms with E-state index in [1.54, 1.807) is 19.0 Å². The van der Waals surface area contributed by atoms with E-state index in [4.69, 9.17) is 14.5 Å². The molecular weight excluding hydrogens is 310 g/mol. The van der Waals surface area contributed by atoms with E-state index >= 15 is 0 Å². The number of nitrogens with zero attached hydrogens (tertiary/aromatic N) is 2. The molecule has 23 heavy (non-hydrogen) atoms. The molecule has 1 fully saturated rings. The zero-order chi connectivity index (χ0) is 17.1. The second kappa shape index (κ2) is 7.34. The lowest BCUT2D eigenvalue weighted by atomic mass is 10.1. The summed E-state index contributed by atoms with van der Waals surface area (Å²) >= 11 is 0. The van der Waals surface area contributed by atoms with Crippen molar-refractivity contribution in [3.05, 3.63) is 32.6 Å². The Hall–Kier alpha value is -1.56. The molecule has 0 amide bonds. The van der Waals surface area contributed by atoms with Crippen molar-refractivity contribution in [1.29, 1.82) is 0 Å². The predicted molar refractivity (Wildman–Crippen MR) is 77.6 cm³/mol. The molecule has 4 atom stereocenters. The van der Waals surface area contributed by atoms with Gasteiger partial charge in [-0.2, -0.15) is 0 Å². The molecule has 130 valence electrons. The lowest BCUT2D eigenvalue weighted by Crippen LogP contribution is -2.38. The van der Waals surface area contributed by atoms with Gasteiger partial charge in [-0.15, -0.1) is 0 Å². The standard InChI is InChI=1S/C13H21N3O7/c1-7-4-16(13(20)14-11(7)19)12-10(18)9(17)8(23-12)5-21-22-6-15(2)3/h4,8-10,12,17-18H,5-6H2,1-3H3,(H,14,19,20)/t8-,9-,10-,12-/m1/s1. The van der Waals surface area contributed by atoms with Gasteiger partial charge in [0.1, 0.15) is 31.6 Å². The van der Waals surface area contributed by atoms with Crippen LogP contribution < -0.4 is 11.2 Å². The molecule has 1 saturated heterocycles. The first-order valence-corrected chi connectivity index (χ1v) is 7.04. The Kier molecular flexibility index (Phi) is 5.68. The monoisotopic (exact) mass is 331 g/mol. The second-order valence-corrected chi connectivity index (χ2v) is 5.64. The maximum atomic E-state index is 11.8. The van der Waals surface area contributed by atoms with Crippen LogP contribution in [0.3, 0.4) is 0 Å². The quantitative estimate of drug-likeness (QED) is 0.235. The predicted octanol–water partition coefficient (Wildman–Crippen LogP) is -2.07. The van der Waals surface area contributed by atoms with Crippen molar-refractivity contribution < 1.29 is 24.7 Å². The highest BCUT2D eigenvalue weighted by atomic mass is 17.2. The highest BCUT2D eigenvalue weighted by Crippen LogP contribution is 2.28. The lowest BCUT2D eigenvalue weighted by Gasteiger charge is -2.17. The fourth-order valence-corrected chi connectivity index (χ4v) is 2.13. The molecule has 1 aromatic rings. The summed E-state index contributed by atoms with van der Waals surface area (Å²) in [5.74, 6) is 0. The Labute approximate surface area is 131 Å². The molecule has 2 heterocycles. The SMILES string of the molecule is Cc1cn([C@@H]2O[C@H](COOCN(C)C)[C@@H](O)[C@H]2O)c(=O)[nH]c1=O. The molecule has 2 rings (SSSR count). The zero-order valence-electron chi connectivity index (χ0n) is 13.1. The minimum absolute atomic E-state index is 0.125. The van der Waals surface area contributed by atoms with Crippen molar-refractivity contribution in [3.63, 3.8) is 0 Å². The molecule has 1 aromatic heterocycles. The van der Waals surface area contributed by atoms with Crippen LogP contribution in [-0.4, -0.2) is 70.4 Å². The van der Waals surface area contributed by atoms with E-state index in [1.807, 2.05) is 0 Å². The third-order valence-corrected chi connectivity index (χ3v) is 3.38. The van der Waals surface area contributed by atoms with Gasteiger partial charge in [-0.3, -0.25) is 19.2 Å². The molecule has 1 aliphatic rings. The highest BCUT2D eigenvalue weighted by molar-refractivity contribution is 5.03. The van der Waals surface area contributed by atoms with Gasteiger partial charge in [0, 0.05) is 11.8 Å². The van der Waals surface area contributed by atoms with Crippen LogP contribution in [0.5, 0.6) is 0 Å². The topological polar surface area (TPSA) is 126 Å². The van der Waals surface area contributed by atoms with Crippen LogP contribution in [0.1, 0.15) is 11.8 Å². The number of hydrogen-bond donors (Lipinski definition) is 3. The van der Waals surface area contributed by atoms with E-state index in [-0.39, 0.29) is 18.9 Å². The van der Waals surface area contributed by atoms with Gasteiger partial charge in [0.2, 0.25) is 0 Å². The van der Waals surface area contributed by atoms with Crippen LogP contribution in [0, 0.1) is 6.92 Å². The van der Waals surface area contributed by atoms with Crippen molar-refractivity contribution in [2.75, 3.05) is 27.4 Å². The molecule has 10 heteroatoms. The van der Waals surface area contributed by atoms with Crippen molar-refractivity contribution in [1.82, 2.24) is 14.5 Å². The number of ether oxygens (including phenoxy) is 1. The van der Waals surface area contributed by atoms with Crippen LogP contribution in [-0.2, 0) is 14.5 Å². The number of rotatable bonds is 6. The number of aryl methyl sites for hydroxylation is 1. The van der Waals surface area contributed by atoms with E-state index in [1.165, 1.54) is 13.1 Å². The first kappa shape index (κ1) is 17.8. The number of aliphatic hydroxyl groups excluding tert-OH is 2. The molecule has 1 aliphatic heterocycles. The maximum Gasteiger partial charge on any atom is 0.330 e. The number of H-pyrrole nitrogens is 1. The van der Waals surface area contributed by atoms with Gasteiger partial charge >= 0.3 is 5.69 Å². The molecule has 3 N–H and O–H groups in total. The lowest BCUT2D eigenvalue weighted by molar-refractivity contribution is -0.325. The van der Waals surface area contributed by atoms with E-state index in [9.17, 15) is 19.8 Å². The van der Waals surface area contributed by atoms with Crippen LogP contribution in [0.25, 0.3) is 0 Å². The van der Waals surface area contributed by atoms with Gasteiger partial charge in [0.25, 0.3) is 5.56 Å². The van der Waals surface area contributed by atoms with E-state index in [0.717, 1.165) is 4.57 Å². The first-order chi connectivity index (χ1) is 10.8. The number of aromatic nitrogens is 2. The minimum atomic E-state index is -1.35. The maximum absolute atomic E-state index is 11.8. The van der Waals surface area contributed by atoms with Crippen molar-refractivity contribution in [2.45, 2.75) is 31.5 Å². The smallest absolute Gasteiger partial charge is 0.330 e. The summed E-state index contributed by atoms with van der Waals surface area (Å²) in [5.41, 5.74) is -0.970. The molecule has 0 bridgehead atoms. The summed E-state index contributed by atoms with van der Waals surface area (Å²) in [6.07, 6.45) is -3.34. The highest BCUT2D eigenvalue weighted by Gasteiger charge is 2.44. The van der Waals surface area contributed by atoms with E-state index in [0.29, 0.717) is 0 Å². The molecule has 0 unspecified atom stereocenters. The third kappa shape index (κ3) is 4.05. The van der Waals surface area contributed by atoms with Gasteiger partial charge in [-0.1, -0.05) is 0 Å². The Morgan fingerprint density at radius 2 is 2.00 bits per heavy atom. The minimum Gasteiger partial charge on any atom is -0.387 e. The average Bonchev–Trinajstić information content (AvgIpc) is 2.75. The van der Waals surface area contributed by atoms with Crippen LogP contribution in [0.4, 0.5) is 0 Å². The van der Waals surface area contributed by atoms with Gasteiger partial charge in [-0.05, 0) is 21.0 Å². The van der Waals surface area contributed by atoms with Crippen LogP contribution >= 0.6 is 0 Å². The largest absolute Gasteiger partial charge is 0.387 e. The Morgan fingerprint density at radius 1 is 1.30 bits per heavy atom. The van der Waals surface area contributed by atoms with Crippen LogP contribution in [0.15, 0.2) is 15.8 Å². The molecule has 10 nitrogen and oxygen atoms in total. The Balaban J connectivity index is 2.06. The molecule has 0 saturated carbocycles. The average molecular weight is 331 g/mol. The van der Waals surface area contributed by atoms with Gasteiger partial charge in [0.05, 0.1) is 0 Å². The number of aliphatic hydroxyl groups is 2. The summed E-state index contributed by atoms with van der Waals surface area (Å²) in [6.45, 7) is 1.61. The number of aromatic amines is 1. The Bertz CT molecular complexity index is 641. The number of hydrogen-bond acceptors (Lipinski definition) is 8. The van der Waals surface area contributed by atoms with E-state index < -0.39 is 35.8 Å². The summed E-state index contributed by atoms with van der Waals surface area (Å²) in [6, 6.07) is 0. The van der Waals surface area contributed by atoms with Crippen molar-refractivity contribution in [3.8, 4) is 0 Å². The Morgan fingerprint density at radius 3 is 2.65 bits per heavy atom. The fourth-order valence-electron chi connectivity index (χ4n) is 2.13. The first-order valence-electron chi connectivity index (χ1n) is 7.04. The van der Waals surface area contributed by atoms with E-state index in [2.05, 4.69) is 4.98 Å². The van der Waals surface area contributed by atoms with Gasteiger partial charge in [-0.25, -0.2) is 14.6 Å². The zero-order valence-corrected chi connectivity index (χ0v) is 13.1. The summed E-state index contributed by atoms with van der Waals surface area (Å²) in [4.78, 5) is 36.9. The molecule has 0 radical (unpaired) electrons.